The molecular weight excluding hydrogens is 479 g/mol. The highest BCUT2D eigenvalue weighted by Gasteiger charge is 2.18. The minimum absolute atomic E-state index is 0.0372. The summed E-state index contributed by atoms with van der Waals surface area (Å²) in [7, 11) is 1.38. The molecule has 0 aliphatic rings. The third-order valence-electron chi connectivity index (χ3n) is 4.53. The van der Waals surface area contributed by atoms with E-state index in [1.807, 2.05) is 50.2 Å². The van der Waals surface area contributed by atoms with Crippen molar-refractivity contribution in [2.45, 2.75) is 46.6 Å². The Kier molecular flexibility index (Phi) is 13.6. The Morgan fingerprint density at radius 2 is 1.73 bits per heavy atom. The number of primary amides is 1. The number of amides is 1. The molecule has 1 heterocycles. The lowest BCUT2D eigenvalue weighted by Crippen LogP contribution is -2.16. The highest BCUT2D eigenvalue weighted by molar-refractivity contribution is 5.95. The number of aromatic nitrogens is 1. The van der Waals surface area contributed by atoms with Gasteiger partial charge in [0.2, 0.25) is 5.75 Å². The summed E-state index contributed by atoms with van der Waals surface area (Å²) in [4.78, 5) is 36.5. The molecule has 2 N–H and O–H groups in total. The van der Waals surface area contributed by atoms with Crippen LogP contribution in [0.3, 0.4) is 0 Å². The normalized spacial score (nSPS) is 10.4. The quantitative estimate of drug-likeness (QED) is 0.451. The number of hydrogen-bond acceptors (Lipinski definition) is 7. The fourth-order valence-electron chi connectivity index (χ4n) is 2.91. The van der Waals surface area contributed by atoms with Crippen LogP contribution in [-0.2, 0) is 20.7 Å². The zero-order valence-corrected chi connectivity index (χ0v) is 21.7. The maximum atomic E-state index is 12.2. The van der Waals surface area contributed by atoms with E-state index in [1.54, 1.807) is 13.0 Å². The fraction of sp³-hybridized carbons (Fsp3) is 0.286. The van der Waals surface area contributed by atoms with Gasteiger partial charge in [-0.3, -0.25) is 14.4 Å². The second-order valence-electron chi connectivity index (χ2n) is 7.79. The molecule has 0 fully saturated rings. The van der Waals surface area contributed by atoms with Crippen molar-refractivity contribution in [3.8, 4) is 11.5 Å². The number of ether oxygens (including phenoxy) is 3. The number of nitrogens with zero attached hydrogens (tertiary/aromatic N) is 1. The summed E-state index contributed by atoms with van der Waals surface area (Å²) in [6.45, 7) is 6.79. The molecule has 3 aromatic rings. The van der Waals surface area contributed by atoms with Crippen molar-refractivity contribution in [3.05, 3.63) is 89.5 Å². The van der Waals surface area contributed by atoms with Gasteiger partial charge in [-0.25, -0.2) is 9.37 Å². The van der Waals surface area contributed by atoms with E-state index >= 15 is 0 Å². The van der Waals surface area contributed by atoms with Crippen LogP contribution in [0.15, 0.2) is 66.9 Å². The molecule has 3 rings (SSSR count). The van der Waals surface area contributed by atoms with Crippen molar-refractivity contribution in [3.63, 3.8) is 0 Å². The molecule has 0 spiro atoms. The lowest BCUT2D eigenvalue weighted by molar-refractivity contribution is -0.147. The second kappa shape index (κ2) is 16.4. The van der Waals surface area contributed by atoms with Crippen molar-refractivity contribution in [2.24, 2.45) is 5.73 Å². The van der Waals surface area contributed by atoms with Crippen molar-refractivity contribution in [1.82, 2.24) is 4.98 Å². The Morgan fingerprint density at radius 1 is 1.05 bits per heavy atom. The molecule has 0 aliphatic heterocycles. The van der Waals surface area contributed by atoms with Crippen LogP contribution in [0.1, 0.15) is 48.8 Å². The number of methoxy groups -OCH3 is 1. The van der Waals surface area contributed by atoms with E-state index in [1.165, 1.54) is 44.0 Å². The van der Waals surface area contributed by atoms with E-state index in [9.17, 15) is 18.8 Å². The van der Waals surface area contributed by atoms with Crippen LogP contribution < -0.4 is 15.2 Å². The summed E-state index contributed by atoms with van der Waals surface area (Å²) in [5.74, 6) is -1.48. The van der Waals surface area contributed by atoms with Crippen LogP contribution in [-0.4, -0.2) is 36.0 Å². The highest BCUT2D eigenvalue weighted by Crippen LogP contribution is 2.29. The maximum Gasteiger partial charge on any atom is 0.308 e. The zero-order valence-electron chi connectivity index (χ0n) is 21.7. The molecule has 37 heavy (non-hydrogen) atoms. The van der Waals surface area contributed by atoms with E-state index in [0.29, 0.717) is 6.42 Å². The smallest absolute Gasteiger partial charge is 0.308 e. The number of halogens is 1. The van der Waals surface area contributed by atoms with Gasteiger partial charge in [-0.05, 0) is 37.1 Å². The molecule has 1 unspecified atom stereocenters. The molecule has 9 heteroatoms. The third-order valence-corrected chi connectivity index (χ3v) is 4.53. The molecule has 0 saturated heterocycles. The van der Waals surface area contributed by atoms with Gasteiger partial charge in [0.25, 0.3) is 5.91 Å². The third kappa shape index (κ3) is 12.3. The SMILES string of the molecule is CCC(=O)OC(C)Cc1ccccc1.COc1ccnc(C(N)=O)c1OC(C)=O.Cc1cccc(F)c1. The molecule has 8 nitrogen and oxygen atoms in total. The van der Waals surface area contributed by atoms with Gasteiger partial charge in [0.05, 0.1) is 7.11 Å². The highest BCUT2D eigenvalue weighted by atomic mass is 19.1. The number of carbonyl (C=O) groups excluding carboxylic acids is 3. The van der Waals surface area contributed by atoms with Gasteiger partial charge >= 0.3 is 11.9 Å². The van der Waals surface area contributed by atoms with E-state index in [4.69, 9.17) is 19.9 Å². The number of esters is 2. The molecule has 0 radical (unpaired) electrons. The van der Waals surface area contributed by atoms with Crippen LogP contribution >= 0.6 is 0 Å². The van der Waals surface area contributed by atoms with Gasteiger partial charge in [0.15, 0.2) is 11.4 Å². The summed E-state index contributed by atoms with van der Waals surface area (Å²) < 4.78 is 27.0. The minimum atomic E-state index is -0.787. The molecule has 1 atom stereocenters. The Balaban J connectivity index is 0.000000290. The topological polar surface area (TPSA) is 118 Å². The Labute approximate surface area is 216 Å². The van der Waals surface area contributed by atoms with Crippen LogP contribution in [0.2, 0.25) is 0 Å². The van der Waals surface area contributed by atoms with Gasteiger partial charge in [-0.1, -0.05) is 49.4 Å². The first-order valence-electron chi connectivity index (χ1n) is 11.5. The van der Waals surface area contributed by atoms with E-state index in [0.717, 1.165) is 12.0 Å². The van der Waals surface area contributed by atoms with Crippen LogP contribution in [0.25, 0.3) is 0 Å². The Hall–Kier alpha value is -4.27. The molecule has 1 amide bonds. The van der Waals surface area contributed by atoms with Crippen LogP contribution in [0.5, 0.6) is 11.5 Å². The van der Waals surface area contributed by atoms with Gasteiger partial charge in [0, 0.05) is 32.0 Å². The number of carbonyl (C=O) groups is 3. The summed E-state index contributed by atoms with van der Waals surface area (Å²) in [5.41, 5.74) is 7.09. The zero-order chi connectivity index (χ0) is 27.8. The Morgan fingerprint density at radius 3 is 2.22 bits per heavy atom. The summed E-state index contributed by atoms with van der Waals surface area (Å²) in [6, 6.07) is 18.0. The first-order valence-corrected chi connectivity index (χ1v) is 11.5. The van der Waals surface area contributed by atoms with Gasteiger partial charge in [0.1, 0.15) is 11.9 Å². The molecule has 0 bridgehead atoms. The lowest BCUT2D eigenvalue weighted by atomic mass is 10.1. The first-order chi connectivity index (χ1) is 17.6. The molecule has 0 aliphatic carbocycles. The fourth-order valence-corrected chi connectivity index (χ4v) is 2.91. The van der Waals surface area contributed by atoms with Gasteiger partial charge in [-0.15, -0.1) is 0 Å². The number of nitrogens with two attached hydrogens (primary N) is 1. The number of hydrogen-bond donors (Lipinski definition) is 1. The predicted octanol–water partition coefficient (Wildman–Crippen LogP) is 4.82. The standard InChI is InChI=1S/C12H16O2.C9H10N2O4.C7H7F/c1-3-12(13)14-10(2)9-11-7-5-4-6-8-11;1-5(12)15-8-6(14-2)3-4-11-7(8)9(10)13;1-6-3-2-4-7(8)5-6/h4-8,10H,3,9H2,1-2H3;3-4H,1-2H3,(H2,10,13);2-5H,1H3. The van der Waals surface area contributed by atoms with E-state index in [-0.39, 0.29) is 35.1 Å². The predicted molar refractivity (Wildman–Crippen MR) is 138 cm³/mol. The number of pyridine rings is 1. The largest absolute Gasteiger partial charge is 0.493 e. The summed E-state index contributed by atoms with van der Waals surface area (Å²) in [6.07, 6.45) is 2.53. The number of aryl methyl sites for hydroxylation is 1. The average molecular weight is 513 g/mol. The molecule has 0 saturated carbocycles. The van der Waals surface area contributed by atoms with Crippen molar-refractivity contribution in [1.29, 1.82) is 0 Å². The minimum Gasteiger partial charge on any atom is -0.493 e. The van der Waals surface area contributed by atoms with Gasteiger partial charge in [-0.2, -0.15) is 0 Å². The Bertz CT molecular complexity index is 1140. The monoisotopic (exact) mass is 512 g/mol. The van der Waals surface area contributed by atoms with Crippen LogP contribution in [0, 0.1) is 12.7 Å². The first kappa shape index (κ1) is 30.8. The summed E-state index contributed by atoms with van der Waals surface area (Å²) in [5, 5.41) is 0. The van der Waals surface area contributed by atoms with Crippen molar-refractivity contribution in [2.75, 3.05) is 7.11 Å². The number of benzene rings is 2. The lowest BCUT2D eigenvalue weighted by Gasteiger charge is -2.12. The maximum absolute atomic E-state index is 12.2. The average Bonchev–Trinajstić information content (AvgIpc) is 2.84. The molecule has 1 aromatic heterocycles. The van der Waals surface area contributed by atoms with Gasteiger partial charge < -0.3 is 19.9 Å². The van der Waals surface area contributed by atoms with Crippen LogP contribution in [0.4, 0.5) is 4.39 Å². The molecule has 2 aromatic carbocycles. The molecular formula is C28H33FN2O6. The number of rotatable bonds is 7. The second-order valence-corrected chi connectivity index (χ2v) is 7.79. The van der Waals surface area contributed by atoms with Crippen molar-refractivity contribution < 1.29 is 33.0 Å². The molecule has 198 valence electrons. The van der Waals surface area contributed by atoms with E-state index < -0.39 is 11.9 Å². The summed E-state index contributed by atoms with van der Waals surface area (Å²) >= 11 is 0. The van der Waals surface area contributed by atoms with E-state index in [2.05, 4.69) is 4.98 Å². The van der Waals surface area contributed by atoms with Crippen molar-refractivity contribution >= 4 is 17.8 Å².